The smallest absolute Gasteiger partial charge is 0.0652 e. The number of hydrogen-bond donors (Lipinski definition) is 0. The van der Waals surface area contributed by atoms with Gasteiger partial charge < -0.3 is 0 Å². The molecule has 0 unspecified atom stereocenters. The van der Waals surface area contributed by atoms with E-state index in [2.05, 4.69) is 6.92 Å². The Morgan fingerprint density at radius 2 is 2.00 bits per heavy atom. The van der Waals surface area contributed by atoms with Crippen molar-refractivity contribution in [3.63, 3.8) is 0 Å². The molecule has 0 N–H and O–H groups in total. The van der Waals surface area contributed by atoms with Gasteiger partial charge in [-0.05, 0) is 0 Å². The van der Waals surface area contributed by atoms with Gasteiger partial charge in [-0.25, -0.2) is 0 Å². The first-order valence-electron chi connectivity index (χ1n) is 2.12. The molecule has 0 aliphatic carbocycles. The SMILES string of the molecule is [B]CCCC.[Li]. The maximum Gasteiger partial charge on any atom is 0.0652 e. The van der Waals surface area contributed by atoms with Crippen molar-refractivity contribution < 1.29 is 0 Å². The molecule has 0 aromatic carbocycles. The molecule has 0 spiro atoms. The minimum Gasteiger partial charge on any atom is -0.0887 e. The molecule has 0 aliphatic heterocycles. The second-order valence-electron chi connectivity index (χ2n) is 1.14. The van der Waals surface area contributed by atoms with Gasteiger partial charge in [-0.3, -0.25) is 0 Å². The second kappa shape index (κ2) is 9.18. The van der Waals surface area contributed by atoms with Crippen molar-refractivity contribution in [3.05, 3.63) is 0 Å². The predicted octanol–water partition coefficient (Wildman–Crippen LogP) is 0.992. The molecule has 0 nitrogen and oxygen atoms in total. The maximum absolute atomic E-state index is 5.14. The minimum atomic E-state index is 0. The maximum atomic E-state index is 5.14. The quantitative estimate of drug-likeness (QED) is 0.429. The monoisotopic (exact) mass is 75.1 g/mol. The Labute approximate surface area is 53.3 Å². The van der Waals surface area contributed by atoms with Crippen LogP contribution in [0, 0.1) is 0 Å². The van der Waals surface area contributed by atoms with Crippen molar-refractivity contribution >= 4 is 26.7 Å². The molecule has 0 aromatic rings. The molecule has 29 valence electrons. The van der Waals surface area contributed by atoms with Gasteiger partial charge in [0.2, 0.25) is 0 Å². The van der Waals surface area contributed by atoms with E-state index < -0.39 is 0 Å². The second-order valence-corrected chi connectivity index (χ2v) is 1.14. The van der Waals surface area contributed by atoms with Gasteiger partial charge >= 0.3 is 0 Å². The number of rotatable bonds is 2. The van der Waals surface area contributed by atoms with Gasteiger partial charge in [0, 0.05) is 18.9 Å². The predicted molar refractivity (Wildman–Crippen MR) is 31.2 cm³/mol. The summed E-state index contributed by atoms with van der Waals surface area (Å²) in [6.45, 7) is 2.13. The van der Waals surface area contributed by atoms with Crippen LogP contribution in [0.4, 0.5) is 0 Å². The third kappa shape index (κ3) is 8.82. The van der Waals surface area contributed by atoms with E-state index in [-0.39, 0.29) is 18.9 Å². The van der Waals surface area contributed by atoms with Crippen molar-refractivity contribution in [2.45, 2.75) is 26.1 Å². The summed E-state index contributed by atoms with van der Waals surface area (Å²) in [5.41, 5.74) is 0. The summed E-state index contributed by atoms with van der Waals surface area (Å²) in [4.78, 5) is 0. The molecule has 0 atom stereocenters. The first-order chi connectivity index (χ1) is 2.41. The third-order valence-electron chi connectivity index (χ3n) is 0.558. The first-order valence-corrected chi connectivity index (χ1v) is 2.12. The average molecular weight is 74.9 g/mol. The van der Waals surface area contributed by atoms with Crippen LogP contribution in [0.2, 0.25) is 6.32 Å². The Morgan fingerprint density at radius 3 is 2.00 bits per heavy atom. The van der Waals surface area contributed by atoms with Crippen LogP contribution in [0.1, 0.15) is 19.8 Å². The van der Waals surface area contributed by atoms with Crippen LogP contribution in [-0.4, -0.2) is 26.7 Å². The third-order valence-corrected chi connectivity index (χ3v) is 0.558. The topological polar surface area (TPSA) is 0 Å². The Kier molecular flexibility index (Phi) is 15.0. The molecule has 2 heteroatoms. The van der Waals surface area contributed by atoms with Crippen LogP contribution in [0.5, 0.6) is 0 Å². The van der Waals surface area contributed by atoms with E-state index in [4.69, 9.17) is 7.85 Å². The van der Waals surface area contributed by atoms with Crippen molar-refractivity contribution in [2.24, 2.45) is 0 Å². The molecular weight excluding hydrogens is 65.8 g/mol. The van der Waals surface area contributed by atoms with Crippen LogP contribution in [0.15, 0.2) is 0 Å². The fourth-order valence-electron chi connectivity index (χ4n) is 0.204. The van der Waals surface area contributed by atoms with Gasteiger partial charge in [0.25, 0.3) is 0 Å². The molecular formula is C4H9BLi. The van der Waals surface area contributed by atoms with Crippen molar-refractivity contribution in [3.8, 4) is 0 Å². The fraction of sp³-hybridized carbons (Fsp3) is 1.00. The molecule has 0 bridgehead atoms. The Hall–Kier alpha value is 0.662. The van der Waals surface area contributed by atoms with E-state index in [1.165, 1.54) is 12.8 Å². The van der Waals surface area contributed by atoms with Crippen molar-refractivity contribution in [1.82, 2.24) is 0 Å². The van der Waals surface area contributed by atoms with Crippen LogP contribution >= 0.6 is 0 Å². The van der Waals surface area contributed by atoms with Gasteiger partial charge in [-0.2, -0.15) is 0 Å². The summed E-state index contributed by atoms with van der Waals surface area (Å²) in [6, 6.07) is 0. The molecule has 0 fully saturated rings. The molecule has 0 heterocycles. The van der Waals surface area contributed by atoms with E-state index >= 15 is 0 Å². The minimum absolute atomic E-state index is 0. The molecule has 0 amide bonds. The summed E-state index contributed by atoms with van der Waals surface area (Å²) in [6.07, 6.45) is 3.23. The van der Waals surface area contributed by atoms with E-state index in [1.807, 2.05) is 0 Å². The van der Waals surface area contributed by atoms with Crippen LogP contribution in [0.25, 0.3) is 0 Å². The summed E-state index contributed by atoms with van der Waals surface area (Å²) < 4.78 is 0. The van der Waals surface area contributed by atoms with Gasteiger partial charge in [0.05, 0.1) is 7.85 Å². The number of unbranched alkanes of at least 4 members (excludes halogenated alkanes) is 1. The first kappa shape index (κ1) is 9.83. The van der Waals surface area contributed by atoms with Gasteiger partial charge in [-0.1, -0.05) is 26.1 Å². The molecule has 3 radical (unpaired) electrons. The van der Waals surface area contributed by atoms with E-state index in [0.29, 0.717) is 0 Å². The van der Waals surface area contributed by atoms with E-state index in [9.17, 15) is 0 Å². The van der Waals surface area contributed by atoms with Crippen LogP contribution in [0.3, 0.4) is 0 Å². The summed E-state index contributed by atoms with van der Waals surface area (Å²) in [5, 5.41) is 0. The van der Waals surface area contributed by atoms with Gasteiger partial charge in [0.15, 0.2) is 0 Å². The molecule has 0 aromatic heterocycles. The molecule has 0 rings (SSSR count). The van der Waals surface area contributed by atoms with Gasteiger partial charge in [-0.15, -0.1) is 0 Å². The molecule has 0 saturated heterocycles. The summed E-state index contributed by atoms with van der Waals surface area (Å²) in [7, 11) is 5.14. The summed E-state index contributed by atoms with van der Waals surface area (Å²) in [5.74, 6) is 0. The fourth-order valence-corrected chi connectivity index (χ4v) is 0.204. The van der Waals surface area contributed by atoms with E-state index in [0.717, 1.165) is 6.32 Å². The van der Waals surface area contributed by atoms with Crippen LogP contribution in [-0.2, 0) is 0 Å². The molecule has 0 aliphatic rings. The van der Waals surface area contributed by atoms with Crippen molar-refractivity contribution in [2.75, 3.05) is 0 Å². The van der Waals surface area contributed by atoms with Crippen molar-refractivity contribution in [1.29, 1.82) is 0 Å². The Bertz CT molecular complexity index is 15.0. The van der Waals surface area contributed by atoms with E-state index in [1.54, 1.807) is 0 Å². The zero-order chi connectivity index (χ0) is 4.12. The van der Waals surface area contributed by atoms with Crippen LogP contribution < -0.4 is 0 Å². The summed E-state index contributed by atoms with van der Waals surface area (Å²) >= 11 is 0. The average Bonchev–Trinajstić information content (AvgIpc) is 1.41. The molecule has 0 saturated carbocycles. The zero-order valence-corrected chi connectivity index (χ0v) is 4.70. The Balaban J connectivity index is 0. The Morgan fingerprint density at radius 1 is 1.50 bits per heavy atom. The zero-order valence-electron chi connectivity index (χ0n) is 4.70. The standard InChI is InChI=1S/C4H9B.Li/c1-2-3-4-5;/h2-4H2,1H3;. The number of hydrogen-bond acceptors (Lipinski definition) is 0. The largest absolute Gasteiger partial charge is 0.0887 e. The van der Waals surface area contributed by atoms with Gasteiger partial charge in [0.1, 0.15) is 0 Å². The normalized spacial score (nSPS) is 6.83. The molecule has 6 heavy (non-hydrogen) atoms.